The number of hydrogen-bond donors (Lipinski definition) is 1. The van der Waals surface area contributed by atoms with Crippen LogP contribution in [-0.4, -0.2) is 33.5 Å². The van der Waals surface area contributed by atoms with Crippen LogP contribution in [-0.2, 0) is 4.79 Å². The quantitative estimate of drug-likeness (QED) is 0.110. The Morgan fingerprint density at radius 1 is 0.931 bits per heavy atom. The maximum absolute atomic E-state index is 11.1. The first-order valence-corrected chi connectivity index (χ1v) is 11.8. The number of carbonyl (C=O) groups is 1. The lowest BCUT2D eigenvalue weighted by Crippen LogP contribution is -2.13. The summed E-state index contributed by atoms with van der Waals surface area (Å²) < 4.78 is 0. The van der Waals surface area contributed by atoms with Crippen molar-refractivity contribution in [3.8, 4) is 0 Å². The van der Waals surface area contributed by atoms with E-state index < -0.39 is 12.0 Å². The van der Waals surface area contributed by atoms with Gasteiger partial charge in [-0.15, -0.1) is 0 Å². The fourth-order valence-electron chi connectivity index (χ4n) is 2.46. The molecule has 1 N–H and O–H groups in total. The molecule has 29 heavy (non-hydrogen) atoms. The Balaban J connectivity index is 3.89. The van der Waals surface area contributed by atoms with Gasteiger partial charge in [0, 0.05) is 10.7 Å². The molecule has 0 bridgehead atoms. The smallest absolute Gasteiger partial charge is 0.304 e. The number of rotatable bonds is 19. The molecule has 0 saturated carbocycles. The van der Waals surface area contributed by atoms with Gasteiger partial charge in [0.15, 0.2) is 0 Å². The number of nitro groups is 1. The van der Waals surface area contributed by atoms with Gasteiger partial charge in [-0.25, -0.2) is 0 Å². The van der Waals surface area contributed by atoms with E-state index in [1.165, 1.54) is 19.3 Å². The molecule has 0 aromatic carbocycles. The normalized spacial score (nSPS) is 13.3. The standard InChI is InChI=1S/C23H37NO4S/c1-2-3-4-5-6-7-8-9-10-11-14-17-22(24(27)28)18-15-12-13-16-20-29-21-19-23(25)26/h6-7,9-10,14-15,17-18,22H,2-5,8,11-13,16,19-21H2,1H3,(H,25,26). The molecule has 0 radical (unpaired) electrons. The summed E-state index contributed by atoms with van der Waals surface area (Å²) in [5, 5.41) is 19.7. The van der Waals surface area contributed by atoms with Crippen molar-refractivity contribution < 1.29 is 14.8 Å². The Morgan fingerprint density at radius 2 is 1.55 bits per heavy atom. The lowest BCUT2D eigenvalue weighted by Gasteiger charge is -2.00. The number of unbranched alkanes of at least 4 members (excludes halogenated alkanes) is 5. The Labute approximate surface area is 180 Å². The van der Waals surface area contributed by atoms with Crippen LogP contribution in [0.25, 0.3) is 0 Å². The van der Waals surface area contributed by atoms with Crippen molar-refractivity contribution in [2.24, 2.45) is 0 Å². The number of hydrogen-bond acceptors (Lipinski definition) is 4. The summed E-state index contributed by atoms with van der Waals surface area (Å²) in [6.07, 6.45) is 25.0. The fourth-order valence-corrected chi connectivity index (χ4v) is 3.39. The minimum absolute atomic E-state index is 0.201. The van der Waals surface area contributed by atoms with Crippen LogP contribution in [0.5, 0.6) is 0 Å². The average molecular weight is 424 g/mol. The van der Waals surface area contributed by atoms with Crippen molar-refractivity contribution >= 4 is 17.7 Å². The summed E-state index contributed by atoms with van der Waals surface area (Å²) in [5.74, 6) is 0.813. The molecule has 0 aromatic rings. The van der Waals surface area contributed by atoms with Crippen LogP contribution in [0, 0.1) is 10.1 Å². The molecule has 0 rings (SSSR count). The predicted molar refractivity (Wildman–Crippen MR) is 124 cm³/mol. The van der Waals surface area contributed by atoms with E-state index in [2.05, 4.69) is 25.2 Å². The molecular formula is C23H37NO4S. The Kier molecular flexibility index (Phi) is 19.6. The molecule has 164 valence electrons. The minimum atomic E-state index is -0.771. The highest BCUT2D eigenvalue weighted by atomic mass is 32.2. The van der Waals surface area contributed by atoms with Gasteiger partial charge in [-0.05, 0) is 62.9 Å². The van der Waals surface area contributed by atoms with Crippen molar-refractivity contribution in [2.45, 2.75) is 77.2 Å². The summed E-state index contributed by atoms with van der Waals surface area (Å²) in [6, 6.07) is -0.771. The molecule has 0 aliphatic heterocycles. The van der Waals surface area contributed by atoms with Crippen molar-refractivity contribution in [3.05, 3.63) is 58.7 Å². The number of allylic oxidation sites excluding steroid dienone is 6. The van der Waals surface area contributed by atoms with Crippen LogP contribution in [0.2, 0.25) is 0 Å². The molecule has 0 aromatic heterocycles. The monoisotopic (exact) mass is 423 g/mol. The van der Waals surface area contributed by atoms with E-state index >= 15 is 0 Å². The van der Waals surface area contributed by atoms with E-state index in [0.717, 1.165) is 37.9 Å². The summed E-state index contributed by atoms with van der Waals surface area (Å²) in [5.41, 5.74) is 0. The van der Waals surface area contributed by atoms with Crippen molar-refractivity contribution in [1.82, 2.24) is 0 Å². The molecular weight excluding hydrogens is 386 g/mol. The van der Waals surface area contributed by atoms with Crippen LogP contribution in [0.3, 0.4) is 0 Å². The van der Waals surface area contributed by atoms with Crippen LogP contribution in [0.1, 0.15) is 71.1 Å². The van der Waals surface area contributed by atoms with Crippen molar-refractivity contribution in [1.29, 1.82) is 0 Å². The molecule has 0 aliphatic rings. The Morgan fingerprint density at radius 3 is 2.24 bits per heavy atom. The van der Waals surface area contributed by atoms with Gasteiger partial charge in [-0.3, -0.25) is 14.9 Å². The SMILES string of the molecule is CCCCCC=CCC=CCC=CC(C=CCCCCSCCC(=O)O)[N+](=O)[O-]. The van der Waals surface area contributed by atoms with Crippen molar-refractivity contribution in [2.75, 3.05) is 11.5 Å². The van der Waals surface area contributed by atoms with Crippen LogP contribution >= 0.6 is 11.8 Å². The largest absolute Gasteiger partial charge is 0.481 e. The molecule has 0 aliphatic carbocycles. The maximum Gasteiger partial charge on any atom is 0.304 e. The first kappa shape index (κ1) is 27.2. The van der Waals surface area contributed by atoms with Gasteiger partial charge in [-0.1, -0.05) is 56.2 Å². The third-order valence-electron chi connectivity index (χ3n) is 4.13. The second-order valence-electron chi connectivity index (χ2n) is 6.79. The van der Waals surface area contributed by atoms with Gasteiger partial charge < -0.3 is 5.11 Å². The van der Waals surface area contributed by atoms with E-state index in [-0.39, 0.29) is 11.3 Å². The van der Waals surface area contributed by atoms with E-state index in [1.54, 1.807) is 23.9 Å². The zero-order valence-electron chi connectivity index (χ0n) is 17.7. The number of nitrogens with zero attached hydrogens (tertiary/aromatic N) is 1. The number of carboxylic acid groups (broad SMARTS) is 1. The molecule has 5 nitrogen and oxygen atoms in total. The van der Waals surface area contributed by atoms with E-state index in [1.807, 2.05) is 18.2 Å². The summed E-state index contributed by atoms with van der Waals surface area (Å²) >= 11 is 1.64. The van der Waals surface area contributed by atoms with Gasteiger partial charge >= 0.3 is 5.97 Å². The van der Waals surface area contributed by atoms with Gasteiger partial charge in [0.05, 0.1) is 6.42 Å². The Bertz CT molecular complexity index is 541. The first-order valence-electron chi connectivity index (χ1n) is 10.6. The first-order chi connectivity index (χ1) is 14.1. The predicted octanol–water partition coefficient (Wildman–Crippen LogP) is 6.60. The van der Waals surface area contributed by atoms with E-state index in [0.29, 0.717) is 12.2 Å². The summed E-state index contributed by atoms with van der Waals surface area (Å²) in [6.45, 7) is 2.20. The molecule has 6 heteroatoms. The lowest BCUT2D eigenvalue weighted by molar-refractivity contribution is -0.496. The topological polar surface area (TPSA) is 80.4 Å². The minimum Gasteiger partial charge on any atom is -0.481 e. The van der Waals surface area contributed by atoms with E-state index in [4.69, 9.17) is 5.11 Å². The van der Waals surface area contributed by atoms with Gasteiger partial charge in [0.2, 0.25) is 6.04 Å². The molecule has 1 unspecified atom stereocenters. The molecule has 0 spiro atoms. The molecule has 1 atom stereocenters. The third kappa shape index (κ3) is 20.7. The van der Waals surface area contributed by atoms with Crippen LogP contribution < -0.4 is 0 Å². The van der Waals surface area contributed by atoms with Crippen LogP contribution in [0.4, 0.5) is 0 Å². The van der Waals surface area contributed by atoms with Crippen LogP contribution in [0.15, 0.2) is 48.6 Å². The molecule has 0 amide bonds. The van der Waals surface area contributed by atoms with E-state index in [9.17, 15) is 14.9 Å². The second kappa shape index (κ2) is 20.9. The zero-order chi connectivity index (χ0) is 21.6. The van der Waals surface area contributed by atoms with Gasteiger partial charge in [-0.2, -0.15) is 11.8 Å². The zero-order valence-corrected chi connectivity index (χ0v) is 18.5. The maximum atomic E-state index is 11.1. The molecule has 0 heterocycles. The van der Waals surface area contributed by atoms with Gasteiger partial charge in [0.25, 0.3) is 0 Å². The third-order valence-corrected chi connectivity index (χ3v) is 5.20. The highest BCUT2D eigenvalue weighted by Gasteiger charge is 2.09. The molecule has 0 saturated heterocycles. The summed E-state index contributed by atoms with van der Waals surface area (Å²) in [7, 11) is 0. The highest BCUT2D eigenvalue weighted by molar-refractivity contribution is 7.99. The lowest BCUT2D eigenvalue weighted by atomic mass is 10.2. The summed E-state index contributed by atoms with van der Waals surface area (Å²) in [4.78, 5) is 21.2. The number of thioether (sulfide) groups is 1. The fraction of sp³-hybridized carbons (Fsp3) is 0.609. The second-order valence-corrected chi connectivity index (χ2v) is 8.02. The number of aliphatic carboxylic acids is 1. The highest BCUT2D eigenvalue weighted by Crippen LogP contribution is 2.09. The van der Waals surface area contributed by atoms with Crippen molar-refractivity contribution in [3.63, 3.8) is 0 Å². The molecule has 0 fully saturated rings. The average Bonchev–Trinajstić information content (AvgIpc) is 2.68. The van der Waals surface area contributed by atoms with Gasteiger partial charge in [0.1, 0.15) is 0 Å². The number of carboxylic acids is 1. The Hall–Kier alpha value is -1.82.